The van der Waals surface area contributed by atoms with E-state index in [0.29, 0.717) is 31.7 Å². The summed E-state index contributed by atoms with van der Waals surface area (Å²) in [4.78, 5) is 16.7. The van der Waals surface area contributed by atoms with Gasteiger partial charge in [-0.2, -0.15) is 0 Å². The third kappa shape index (κ3) is 4.33. The van der Waals surface area contributed by atoms with Crippen LogP contribution in [0.25, 0.3) is 20.5 Å². The van der Waals surface area contributed by atoms with E-state index in [4.69, 9.17) is 4.74 Å². The maximum absolute atomic E-state index is 13.5. The van der Waals surface area contributed by atoms with Crippen molar-refractivity contribution in [1.82, 2.24) is 4.90 Å². The first-order valence-electron chi connectivity index (χ1n) is 11.2. The zero-order valence-corrected chi connectivity index (χ0v) is 20.7. The van der Waals surface area contributed by atoms with E-state index in [1.165, 1.54) is 27.3 Å². The molecule has 0 unspecified atom stereocenters. The molecule has 3 aromatic carbocycles. The Bertz CT molecular complexity index is 1470. The van der Waals surface area contributed by atoms with Crippen molar-refractivity contribution in [2.75, 3.05) is 19.4 Å². The number of hydrogen-bond acceptors (Lipinski definition) is 5. The molecule has 0 atom stereocenters. The number of hydrogen-bond donors (Lipinski definition) is 0. The molecule has 2 heterocycles. The Kier molecular flexibility index (Phi) is 5.91. The normalized spacial score (nSPS) is 13.9. The van der Waals surface area contributed by atoms with Gasteiger partial charge in [-0.15, -0.1) is 11.3 Å². The van der Waals surface area contributed by atoms with Crippen LogP contribution >= 0.6 is 11.3 Å². The quantitative estimate of drug-likeness (QED) is 0.374. The van der Waals surface area contributed by atoms with E-state index in [0.717, 1.165) is 22.4 Å². The van der Waals surface area contributed by atoms with Crippen LogP contribution in [0.15, 0.2) is 71.6 Å². The zero-order valence-electron chi connectivity index (χ0n) is 19.1. The Morgan fingerprint density at radius 1 is 1.06 bits per heavy atom. The number of sulfone groups is 1. The Morgan fingerprint density at radius 2 is 1.88 bits per heavy atom. The highest BCUT2D eigenvalue weighted by atomic mass is 32.2. The van der Waals surface area contributed by atoms with Crippen LogP contribution < -0.4 is 4.74 Å². The lowest BCUT2D eigenvalue weighted by Gasteiger charge is -2.22. The molecule has 34 heavy (non-hydrogen) atoms. The summed E-state index contributed by atoms with van der Waals surface area (Å²) in [6.07, 6.45) is 1.75. The molecule has 0 N–H and O–H groups in total. The lowest BCUT2D eigenvalue weighted by Crippen LogP contribution is -2.33. The minimum atomic E-state index is -3.33. The predicted molar refractivity (Wildman–Crippen MR) is 136 cm³/mol. The van der Waals surface area contributed by atoms with Gasteiger partial charge in [-0.25, -0.2) is 8.42 Å². The predicted octanol–water partition coefficient (Wildman–Crippen LogP) is 5.57. The molecular formula is C27H25NO4S2. The topological polar surface area (TPSA) is 63.7 Å². The number of carbonyl (C=O) groups excluding carboxylic acids is 1. The fourth-order valence-electron chi connectivity index (χ4n) is 4.32. The maximum Gasteiger partial charge on any atom is 0.254 e. The van der Waals surface area contributed by atoms with E-state index in [9.17, 15) is 13.2 Å². The molecule has 0 fully saturated rings. The molecule has 1 aliphatic rings. The summed E-state index contributed by atoms with van der Waals surface area (Å²) >= 11 is 1.75. The SMILES string of the molecule is CCc1cc(S(C)(=O)=O)ccc1C(=O)N1CCOc2ccc(-c3cc4ccccc4s3)cc2C1. The maximum atomic E-state index is 13.5. The van der Waals surface area contributed by atoms with Gasteiger partial charge in [0.1, 0.15) is 12.4 Å². The molecule has 0 spiro atoms. The van der Waals surface area contributed by atoms with Crippen LogP contribution in [0.2, 0.25) is 0 Å². The van der Waals surface area contributed by atoms with Crippen molar-refractivity contribution in [3.8, 4) is 16.2 Å². The van der Waals surface area contributed by atoms with Crippen molar-refractivity contribution in [3.05, 3.63) is 83.4 Å². The summed E-state index contributed by atoms with van der Waals surface area (Å²) in [5, 5.41) is 1.22. The average Bonchev–Trinajstić information content (AvgIpc) is 3.15. The Hall–Kier alpha value is -3.16. The van der Waals surface area contributed by atoms with Gasteiger partial charge in [-0.3, -0.25) is 4.79 Å². The highest BCUT2D eigenvalue weighted by Gasteiger charge is 2.24. The molecule has 7 heteroatoms. The molecule has 5 rings (SSSR count). The highest BCUT2D eigenvalue weighted by Crippen LogP contribution is 2.36. The van der Waals surface area contributed by atoms with Gasteiger partial charge < -0.3 is 9.64 Å². The Labute approximate surface area is 203 Å². The van der Waals surface area contributed by atoms with Crippen molar-refractivity contribution < 1.29 is 17.9 Å². The van der Waals surface area contributed by atoms with Gasteiger partial charge in [0.05, 0.1) is 11.4 Å². The number of thiophene rings is 1. The lowest BCUT2D eigenvalue weighted by molar-refractivity contribution is 0.0732. The third-order valence-electron chi connectivity index (χ3n) is 6.15. The number of nitrogens with zero attached hydrogens (tertiary/aromatic N) is 1. The van der Waals surface area contributed by atoms with Crippen LogP contribution in [-0.2, 0) is 22.8 Å². The van der Waals surface area contributed by atoms with Gasteiger partial charge in [0.2, 0.25) is 0 Å². The monoisotopic (exact) mass is 491 g/mol. The van der Waals surface area contributed by atoms with Crippen LogP contribution in [0.5, 0.6) is 5.75 Å². The Morgan fingerprint density at radius 3 is 2.65 bits per heavy atom. The minimum absolute atomic E-state index is 0.111. The minimum Gasteiger partial charge on any atom is -0.491 e. The number of ether oxygens (including phenoxy) is 1. The van der Waals surface area contributed by atoms with Crippen molar-refractivity contribution in [2.24, 2.45) is 0 Å². The largest absolute Gasteiger partial charge is 0.491 e. The van der Waals surface area contributed by atoms with Crippen LogP contribution in [-0.4, -0.2) is 38.6 Å². The van der Waals surface area contributed by atoms with Crippen molar-refractivity contribution in [3.63, 3.8) is 0 Å². The number of rotatable bonds is 4. The van der Waals surface area contributed by atoms with E-state index >= 15 is 0 Å². The summed E-state index contributed by atoms with van der Waals surface area (Å²) in [6, 6.07) is 21.5. The number of carbonyl (C=O) groups is 1. The molecule has 0 aliphatic carbocycles. The first kappa shape index (κ1) is 22.6. The number of aryl methyl sites for hydroxylation is 1. The second kappa shape index (κ2) is 8.89. The molecule has 5 nitrogen and oxygen atoms in total. The van der Waals surface area contributed by atoms with E-state index < -0.39 is 9.84 Å². The van der Waals surface area contributed by atoms with E-state index in [-0.39, 0.29) is 10.8 Å². The zero-order chi connectivity index (χ0) is 23.9. The molecule has 0 radical (unpaired) electrons. The van der Waals surface area contributed by atoms with E-state index in [1.807, 2.05) is 25.1 Å². The fraction of sp³-hybridized carbons (Fsp3) is 0.222. The highest BCUT2D eigenvalue weighted by molar-refractivity contribution is 7.90. The number of amides is 1. The van der Waals surface area contributed by atoms with E-state index in [2.05, 4.69) is 30.3 Å². The molecule has 1 amide bonds. The van der Waals surface area contributed by atoms with Crippen LogP contribution in [0.4, 0.5) is 0 Å². The standard InChI is InChI=1S/C27H25NO4S2/c1-3-18-15-22(34(2,30)31)9-10-23(18)27(29)28-12-13-32-24-11-8-20(14-21(24)17-28)26-16-19-6-4-5-7-25(19)33-26/h4-11,14-16H,3,12-13,17H2,1-2H3. The van der Waals surface area contributed by atoms with Crippen LogP contribution in [0.1, 0.15) is 28.4 Å². The first-order valence-corrected chi connectivity index (χ1v) is 13.9. The van der Waals surface area contributed by atoms with Crippen molar-refractivity contribution in [2.45, 2.75) is 24.8 Å². The van der Waals surface area contributed by atoms with E-state index in [1.54, 1.807) is 28.4 Å². The van der Waals surface area contributed by atoms with Crippen molar-refractivity contribution in [1.29, 1.82) is 0 Å². The first-order chi connectivity index (χ1) is 16.3. The molecular weight excluding hydrogens is 466 g/mol. The fourth-order valence-corrected chi connectivity index (χ4v) is 6.05. The van der Waals surface area contributed by atoms with Crippen LogP contribution in [0, 0.1) is 0 Å². The molecule has 1 aliphatic heterocycles. The summed E-state index contributed by atoms with van der Waals surface area (Å²) in [5.74, 6) is 0.684. The van der Waals surface area contributed by atoms with Gasteiger partial charge in [-0.05, 0) is 71.5 Å². The molecule has 0 bridgehead atoms. The van der Waals surface area contributed by atoms with Gasteiger partial charge in [-0.1, -0.05) is 25.1 Å². The second-order valence-corrected chi connectivity index (χ2v) is 11.6. The van der Waals surface area contributed by atoms with Gasteiger partial charge in [0.25, 0.3) is 5.91 Å². The smallest absolute Gasteiger partial charge is 0.254 e. The summed E-state index contributed by atoms with van der Waals surface area (Å²) < 4.78 is 31.1. The Balaban J connectivity index is 1.46. The molecule has 174 valence electrons. The third-order valence-corrected chi connectivity index (χ3v) is 8.43. The van der Waals surface area contributed by atoms with Gasteiger partial charge in [0.15, 0.2) is 9.84 Å². The average molecular weight is 492 g/mol. The van der Waals surface area contributed by atoms with Gasteiger partial charge in [0, 0.05) is 33.5 Å². The van der Waals surface area contributed by atoms with Gasteiger partial charge >= 0.3 is 0 Å². The lowest BCUT2D eigenvalue weighted by atomic mass is 10.0. The molecule has 0 saturated carbocycles. The second-order valence-electron chi connectivity index (χ2n) is 8.49. The summed E-state index contributed by atoms with van der Waals surface area (Å²) in [6.45, 7) is 3.23. The van der Waals surface area contributed by atoms with Crippen molar-refractivity contribution >= 4 is 37.2 Å². The summed E-state index contributed by atoms with van der Waals surface area (Å²) in [5.41, 5.74) is 3.34. The molecule has 4 aromatic rings. The molecule has 0 saturated heterocycles. The number of fused-ring (bicyclic) bond motifs is 2. The molecule has 1 aromatic heterocycles. The summed E-state index contributed by atoms with van der Waals surface area (Å²) in [7, 11) is -3.33. The number of benzene rings is 3. The van der Waals surface area contributed by atoms with Crippen LogP contribution in [0.3, 0.4) is 0 Å².